The van der Waals surface area contributed by atoms with Crippen LogP contribution in [-0.4, -0.2) is 10.9 Å². The van der Waals surface area contributed by atoms with Gasteiger partial charge in [-0.25, -0.2) is 0 Å². The number of carbonyl (C=O) groups is 1. The third-order valence-electron chi connectivity index (χ3n) is 2.50. The fourth-order valence-corrected chi connectivity index (χ4v) is 2.33. The standard InChI is InChI=1S/C12H9BrCl2N4O/c13-7-1-2-9(11(15)10(7)14)18-12(20)6-5-17-4-3-8(6)19-16/h1-5H,16H2,(H,17,19)(H,18,20). The van der Waals surface area contributed by atoms with Gasteiger partial charge in [0.25, 0.3) is 5.91 Å². The summed E-state index contributed by atoms with van der Waals surface area (Å²) in [6.07, 6.45) is 2.92. The van der Waals surface area contributed by atoms with Gasteiger partial charge in [0.15, 0.2) is 0 Å². The minimum absolute atomic E-state index is 0.250. The lowest BCUT2D eigenvalue weighted by Gasteiger charge is -2.11. The van der Waals surface area contributed by atoms with E-state index in [-0.39, 0.29) is 5.02 Å². The summed E-state index contributed by atoms with van der Waals surface area (Å²) in [6, 6.07) is 4.92. The van der Waals surface area contributed by atoms with E-state index in [0.29, 0.717) is 26.4 Å². The van der Waals surface area contributed by atoms with Crippen molar-refractivity contribution in [3.05, 3.63) is 50.7 Å². The maximum absolute atomic E-state index is 12.2. The molecule has 2 aromatic rings. The maximum Gasteiger partial charge on any atom is 0.259 e. The van der Waals surface area contributed by atoms with Crippen LogP contribution in [0.4, 0.5) is 11.4 Å². The first-order valence-electron chi connectivity index (χ1n) is 5.40. The summed E-state index contributed by atoms with van der Waals surface area (Å²) >= 11 is 15.3. The quantitative estimate of drug-likeness (QED) is 0.434. The van der Waals surface area contributed by atoms with Crippen molar-refractivity contribution in [2.45, 2.75) is 0 Å². The molecule has 1 aromatic heterocycles. The number of amides is 1. The smallest absolute Gasteiger partial charge is 0.259 e. The van der Waals surface area contributed by atoms with E-state index in [1.54, 1.807) is 18.2 Å². The van der Waals surface area contributed by atoms with Crippen molar-refractivity contribution >= 4 is 56.4 Å². The number of hydrogen-bond acceptors (Lipinski definition) is 4. The van der Waals surface area contributed by atoms with Crippen LogP contribution in [0.3, 0.4) is 0 Å². The summed E-state index contributed by atoms with van der Waals surface area (Å²) in [5.74, 6) is 4.95. The van der Waals surface area contributed by atoms with E-state index in [1.165, 1.54) is 12.4 Å². The van der Waals surface area contributed by atoms with E-state index in [9.17, 15) is 4.79 Å². The molecular formula is C12H9BrCl2N4O. The highest BCUT2D eigenvalue weighted by Gasteiger charge is 2.15. The predicted octanol–water partition coefficient (Wildman–Crippen LogP) is 3.69. The minimum Gasteiger partial charge on any atom is -0.323 e. The number of hydrogen-bond donors (Lipinski definition) is 3. The summed E-state index contributed by atoms with van der Waals surface area (Å²) in [5.41, 5.74) is 3.58. The first-order valence-corrected chi connectivity index (χ1v) is 6.95. The number of aromatic nitrogens is 1. The molecule has 0 atom stereocenters. The molecule has 0 unspecified atom stereocenters. The number of halogens is 3. The first kappa shape index (κ1) is 15.1. The van der Waals surface area contributed by atoms with E-state index in [0.717, 1.165) is 0 Å². The van der Waals surface area contributed by atoms with E-state index < -0.39 is 5.91 Å². The monoisotopic (exact) mass is 374 g/mol. The van der Waals surface area contributed by atoms with Gasteiger partial charge in [-0.3, -0.25) is 15.6 Å². The number of pyridine rings is 1. The lowest BCUT2D eigenvalue weighted by atomic mass is 10.2. The van der Waals surface area contributed by atoms with Crippen molar-refractivity contribution in [2.24, 2.45) is 5.84 Å². The van der Waals surface area contributed by atoms with Gasteiger partial charge in [-0.2, -0.15) is 0 Å². The Labute approximate surface area is 133 Å². The highest BCUT2D eigenvalue weighted by Crippen LogP contribution is 2.36. The molecule has 0 bridgehead atoms. The molecule has 0 fully saturated rings. The van der Waals surface area contributed by atoms with Gasteiger partial charge in [0.1, 0.15) is 0 Å². The number of nitrogen functional groups attached to an aromatic ring is 1. The van der Waals surface area contributed by atoms with Crippen molar-refractivity contribution in [2.75, 3.05) is 10.7 Å². The van der Waals surface area contributed by atoms with Crippen LogP contribution in [0.5, 0.6) is 0 Å². The Morgan fingerprint density at radius 1 is 1.20 bits per heavy atom. The predicted molar refractivity (Wildman–Crippen MR) is 84.2 cm³/mol. The SMILES string of the molecule is NNc1ccncc1C(=O)Nc1ccc(Br)c(Cl)c1Cl. The van der Waals surface area contributed by atoms with Crippen molar-refractivity contribution in [1.29, 1.82) is 0 Å². The molecule has 4 N–H and O–H groups in total. The molecule has 5 nitrogen and oxygen atoms in total. The second-order valence-electron chi connectivity index (χ2n) is 3.74. The van der Waals surface area contributed by atoms with Gasteiger partial charge in [-0.05, 0) is 34.1 Å². The second kappa shape index (κ2) is 6.41. The molecule has 0 aliphatic rings. The topological polar surface area (TPSA) is 80.0 Å². The summed E-state index contributed by atoms with van der Waals surface area (Å²) in [5, 5.41) is 3.23. The third-order valence-corrected chi connectivity index (χ3v) is 4.28. The molecule has 0 spiro atoms. The number of rotatable bonds is 3. The molecule has 8 heteroatoms. The average Bonchev–Trinajstić information content (AvgIpc) is 2.47. The second-order valence-corrected chi connectivity index (χ2v) is 5.35. The summed E-state index contributed by atoms with van der Waals surface area (Å²) < 4.78 is 0.646. The molecule has 0 saturated heterocycles. The van der Waals surface area contributed by atoms with Crippen molar-refractivity contribution in [3.8, 4) is 0 Å². The Hall–Kier alpha value is -1.34. The molecule has 0 saturated carbocycles. The van der Waals surface area contributed by atoms with E-state index in [2.05, 4.69) is 31.7 Å². The molecule has 0 radical (unpaired) electrons. The summed E-state index contributed by atoms with van der Waals surface area (Å²) in [4.78, 5) is 16.1. The van der Waals surface area contributed by atoms with Gasteiger partial charge in [0.2, 0.25) is 0 Å². The molecule has 20 heavy (non-hydrogen) atoms. The molecule has 1 heterocycles. The van der Waals surface area contributed by atoms with Crippen LogP contribution >= 0.6 is 39.1 Å². The van der Waals surface area contributed by atoms with E-state index in [4.69, 9.17) is 29.0 Å². The lowest BCUT2D eigenvalue weighted by molar-refractivity contribution is 0.102. The van der Waals surface area contributed by atoms with Gasteiger partial charge in [0, 0.05) is 16.9 Å². The van der Waals surface area contributed by atoms with Crippen LogP contribution in [0.1, 0.15) is 10.4 Å². The Kier molecular flexibility index (Phi) is 4.82. The zero-order chi connectivity index (χ0) is 14.7. The summed E-state index contributed by atoms with van der Waals surface area (Å²) in [7, 11) is 0. The Morgan fingerprint density at radius 3 is 2.65 bits per heavy atom. The largest absolute Gasteiger partial charge is 0.323 e. The third kappa shape index (κ3) is 3.04. The molecule has 0 aliphatic heterocycles. The van der Waals surface area contributed by atoms with Gasteiger partial charge in [-0.15, -0.1) is 0 Å². The van der Waals surface area contributed by atoms with Crippen LogP contribution in [0.15, 0.2) is 35.1 Å². The number of benzene rings is 1. The number of hydrazine groups is 1. The minimum atomic E-state index is -0.397. The van der Waals surface area contributed by atoms with Crippen molar-refractivity contribution in [3.63, 3.8) is 0 Å². The number of nitrogens with zero attached hydrogens (tertiary/aromatic N) is 1. The normalized spacial score (nSPS) is 10.2. The zero-order valence-corrected chi connectivity index (χ0v) is 13.1. The highest BCUT2D eigenvalue weighted by atomic mass is 79.9. The number of carbonyl (C=O) groups excluding carboxylic acids is 1. The number of nitrogens with one attached hydrogen (secondary N) is 2. The maximum atomic E-state index is 12.2. The number of anilines is 2. The van der Waals surface area contributed by atoms with Gasteiger partial charge in [-0.1, -0.05) is 23.2 Å². The van der Waals surface area contributed by atoms with Crippen LogP contribution in [0.25, 0.3) is 0 Å². The van der Waals surface area contributed by atoms with Gasteiger partial charge in [0.05, 0.1) is 27.0 Å². The molecular weight excluding hydrogens is 367 g/mol. The molecule has 1 amide bonds. The Balaban J connectivity index is 2.31. The summed E-state index contributed by atoms with van der Waals surface area (Å²) in [6.45, 7) is 0. The lowest BCUT2D eigenvalue weighted by Crippen LogP contribution is -2.17. The Morgan fingerprint density at radius 2 is 1.95 bits per heavy atom. The van der Waals surface area contributed by atoms with E-state index in [1.807, 2.05) is 0 Å². The van der Waals surface area contributed by atoms with Crippen LogP contribution in [0, 0.1) is 0 Å². The fourth-order valence-electron chi connectivity index (χ4n) is 1.51. The van der Waals surface area contributed by atoms with Crippen molar-refractivity contribution in [1.82, 2.24) is 4.98 Å². The fraction of sp³-hybridized carbons (Fsp3) is 0. The molecule has 104 valence electrons. The van der Waals surface area contributed by atoms with Gasteiger partial charge < -0.3 is 10.7 Å². The molecule has 1 aromatic carbocycles. The molecule has 0 aliphatic carbocycles. The average molecular weight is 376 g/mol. The number of nitrogens with two attached hydrogens (primary N) is 1. The first-order chi connectivity index (χ1) is 9.54. The van der Waals surface area contributed by atoms with E-state index >= 15 is 0 Å². The Bertz CT molecular complexity index is 666. The van der Waals surface area contributed by atoms with Crippen LogP contribution < -0.4 is 16.6 Å². The van der Waals surface area contributed by atoms with Crippen LogP contribution in [0.2, 0.25) is 10.0 Å². The highest BCUT2D eigenvalue weighted by molar-refractivity contribution is 9.10. The van der Waals surface area contributed by atoms with Gasteiger partial charge >= 0.3 is 0 Å². The zero-order valence-electron chi connectivity index (χ0n) is 9.95. The molecule has 2 rings (SSSR count). The van der Waals surface area contributed by atoms with Crippen LogP contribution in [-0.2, 0) is 0 Å². The van der Waals surface area contributed by atoms with Crippen molar-refractivity contribution < 1.29 is 4.79 Å².